The standard InChI is InChI=1S/C20H20N6O3/c1-12-10-13(16-17(22-12)25(3)20(29)23-18(16)27)19(28)24(2)8-9-26-11-21-14-6-4-5-7-15(14)26/h4-7,10-11H,8-9H2,1-3H3,(H,23,27,29). The number of aryl methyl sites for hydroxylation is 2. The highest BCUT2D eigenvalue weighted by molar-refractivity contribution is 6.05. The van der Waals surface area contributed by atoms with Gasteiger partial charge in [-0.15, -0.1) is 0 Å². The predicted octanol–water partition coefficient (Wildman–Crippen LogP) is 1.05. The van der Waals surface area contributed by atoms with Gasteiger partial charge >= 0.3 is 5.69 Å². The molecule has 0 bridgehead atoms. The Morgan fingerprint density at radius 3 is 2.79 bits per heavy atom. The van der Waals surface area contributed by atoms with Crippen molar-refractivity contribution >= 4 is 28.0 Å². The summed E-state index contributed by atoms with van der Waals surface area (Å²) in [5.41, 5.74) is 1.66. The molecule has 0 saturated carbocycles. The second-order valence-corrected chi connectivity index (χ2v) is 6.98. The van der Waals surface area contributed by atoms with Gasteiger partial charge in [0.05, 0.1) is 28.3 Å². The third kappa shape index (κ3) is 3.20. The molecule has 4 rings (SSSR count). The van der Waals surface area contributed by atoms with Crippen molar-refractivity contribution in [2.24, 2.45) is 7.05 Å². The maximum absolute atomic E-state index is 13.1. The van der Waals surface area contributed by atoms with Crippen molar-refractivity contribution in [3.8, 4) is 0 Å². The third-order valence-corrected chi connectivity index (χ3v) is 4.98. The molecule has 1 amide bonds. The van der Waals surface area contributed by atoms with Crippen molar-refractivity contribution in [1.29, 1.82) is 0 Å². The van der Waals surface area contributed by atoms with Crippen LogP contribution in [0, 0.1) is 6.92 Å². The Hall–Kier alpha value is -3.75. The number of aromatic amines is 1. The molecule has 0 aliphatic rings. The first-order chi connectivity index (χ1) is 13.9. The predicted molar refractivity (Wildman–Crippen MR) is 109 cm³/mol. The molecule has 3 heterocycles. The van der Waals surface area contributed by atoms with Gasteiger partial charge in [-0.2, -0.15) is 0 Å². The quantitative estimate of drug-likeness (QED) is 0.559. The first-order valence-electron chi connectivity index (χ1n) is 9.13. The van der Waals surface area contributed by atoms with Crippen LogP contribution in [-0.4, -0.2) is 48.5 Å². The maximum atomic E-state index is 13.1. The summed E-state index contributed by atoms with van der Waals surface area (Å²) < 4.78 is 3.21. The van der Waals surface area contributed by atoms with Crippen molar-refractivity contribution < 1.29 is 4.79 Å². The lowest BCUT2D eigenvalue weighted by Gasteiger charge is -2.19. The van der Waals surface area contributed by atoms with Crippen molar-refractivity contribution in [3.05, 3.63) is 68.8 Å². The summed E-state index contributed by atoms with van der Waals surface area (Å²) in [4.78, 5) is 49.8. The van der Waals surface area contributed by atoms with E-state index >= 15 is 0 Å². The molecule has 3 aromatic heterocycles. The average molecular weight is 392 g/mol. The van der Waals surface area contributed by atoms with Crippen LogP contribution in [0.4, 0.5) is 0 Å². The minimum absolute atomic E-state index is 0.114. The fourth-order valence-electron chi connectivity index (χ4n) is 3.39. The molecule has 0 fully saturated rings. The topological polar surface area (TPSA) is 106 Å². The van der Waals surface area contributed by atoms with Crippen molar-refractivity contribution in [2.75, 3.05) is 13.6 Å². The maximum Gasteiger partial charge on any atom is 0.329 e. The molecule has 0 aliphatic heterocycles. The van der Waals surface area contributed by atoms with Gasteiger partial charge in [0, 0.05) is 32.9 Å². The number of carbonyl (C=O) groups is 1. The van der Waals surface area contributed by atoms with E-state index in [1.165, 1.54) is 11.6 Å². The number of rotatable bonds is 4. The van der Waals surface area contributed by atoms with Gasteiger partial charge in [-0.3, -0.25) is 19.1 Å². The molecular weight excluding hydrogens is 372 g/mol. The van der Waals surface area contributed by atoms with E-state index in [2.05, 4.69) is 15.0 Å². The molecule has 1 aromatic carbocycles. The number of H-pyrrole nitrogens is 1. The van der Waals surface area contributed by atoms with E-state index in [9.17, 15) is 14.4 Å². The van der Waals surface area contributed by atoms with E-state index in [1.807, 2.05) is 28.8 Å². The van der Waals surface area contributed by atoms with Gasteiger partial charge in [-0.05, 0) is 25.1 Å². The summed E-state index contributed by atoms with van der Waals surface area (Å²) in [5, 5.41) is 0.114. The van der Waals surface area contributed by atoms with Crippen molar-refractivity contribution in [3.63, 3.8) is 0 Å². The summed E-state index contributed by atoms with van der Waals surface area (Å²) in [5.74, 6) is -0.311. The average Bonchev–Trinajstić information content (AvgIpc) is 3.12. The molecule has 148 valence electrons. The number of aromatic nitrogens is 5. The number of para-hydroxylation sites is 2. The first kappa shape index (κ1) is 18.6. The van der Waals surface area contributed by atoms with Gasteiger partial charge < -0.3 is 9.47 Å². The van der Waals surface area contributed by atoms with Gasteiger partial charge in [0.15, 0.2) is 0 Å². The Balaban J connectivity index is 1.67. The SMILES string of the molecule is Cc1cc(C(=O)N(C)CCn2cnc3ccccc32)c2c(=O)[nH]c(=O)n(C)c2n1. The number of pyridine rings is 1. The molecule has 1 N–H and O–H groups in total. The molecule has 0 saturated heterocycles. The smallest absolute Gasteiger partial charge is 0.329 e. The second-order valence-electron chi connectivity index (χ2n) is 6.98. The molecule has 0 spiro atoms. The Bertz CT molecular complexity index is 1360. The number of imidazole rings is 1. The largest absolute Gasteiger partial charge is 0.340 e. The van der Waals surface area contributed by atoms with Gasteiger partial charge in [-0.25, -0.2) is 14.8 Å². The molecule has 0 radical (unpaired) electrons. The number of nitrogens with one attached hydrogen (secondary N) is 1. The van der Waals surface area contributed by atoms with E-state index in [0.29, 0.717) is 18.8 Å². The van der Waals surface area contributed by atoms with E-state index in [0.717, 1.165) is 11.0 Å². The summed E-state index contributed by atoms with van der Waals surface area (Å²) in [6.07, 6.45) is 1.75. The fraction of sp³-hybridized carbons (Fsp3) is 0.250. The molecule has 0 unspecified atom stereocenters. The number of nitrogens with zero attached hydrogens (tertiary/aromatic N) is 5. The third-order valence-electron chi connectivity index (χ3n) is 4.98. The lowest BCUT2D eigenvalue weighted by atomic mass is 10.1. The Morgan fingerprint density at radius 2 is 2.00 bits per heavy atom. The normalized spacial score (nSPS) is 11.3. The van der Waals surface area contributed by atoms with E-state index < -0.39 is 11.2 Å². The summed E-state index contributed by atoms with van der Waals surface area (Å²) in [6.45, 7) is 2.70. The number of carbonyl (C=O) groups excluding carboxylic acids is 1. The second kappa shape index (κ2) is 7.01. The molecule has 0 aliphatic carbocycles. The fourth-order valence-corrected chi connectivity index (χ4v) is 3.39. The Labute approximate surface area is 165 Å². The van der Waals surface area contributed by atoms with Gasteiger partial charge in [0.25, 0.3) is 11.5 Å². The summed E-state index contributed by atoms with van der Waals surface area (Å²) >= 11 is 0. The van der Waals surface area contributed by atoms with Gasteiger partial charge in [0.1, 0.15) is 5.65 Å². The zero-order valence-electron chi connectivity index (χ0n) is 16.3. The Kier molecular flexibility index (Phi) is 4.50. The number of amides is 1. The number of fused-ring (bicyclic) bond motifs is 2. The van der Waals surface area contributed by atoms with Crippen molar-refractivity contribution in [1.82, 2.24) is 29.0 Å². The van der Waals surface area contributed by atoms with E-state index in [4.69, 9.17) is 0 Å². The molecule has 0 atom stereocenters. The van der Waals surface area contributed by atoms with Crippen LogP contribution in [0.1, 0.15) is 16.1 Å². The van der Waals surface area contributed by atoms with E-state index in [-0.39, 0.29) is 22.5 Å². The van der Waals surface area contributed by atoms with Crippen LogP contribution in [0.5, 0.6) is 0 Å². The molecule has 9 heteroatoms. The van der Waals surface area contributed by atoms with Crippen LogP contribution in [0.2, 0.25) is 0 Å². The molecular formula is C20H20N6O3. The number of hydrogen-bond donors (Lipinski definition) is 1. The minimum Gasteiger partial charge on any atom is -0.340 e. The zero-order chi connectivity index (χ0) is 20.7. The molecule has 9 nitrogen and oxygen atoms in total. The Morgan fingerprint density at radius 1 is 1.24 bits per heavy atom. The number of benzene rings is 1. The monoisotopic (exact) mass is 392 g/mol. The van der Waals surface area contributed by atoms with Gasteiger partial charge in [-0.1, -0.05) is 12.1 Å². The summed E-state index contributed by atoms with van der Waals surface area (Å²) in [7, 11) is 3.19. The highest BCUT2D eigenvalue weighted by Crippen LogP contribution is 2.16. The lowest BCUT2D eigenvalue weighted by molar-refractivity contribution is 0.0792. The van der Waals surface area contributed by atoms with E-state index in [1.54, 1.807) is 31.3 Å². The highest BCUT2D eigenvalue weighted by Gasteiger charge is 2.20. The zero-order valence-corrected chi connectivity index (χ0v) is 16.3. The van der Waals surface area contributed by atoms with Gasteiger partial charge in [0.2, 0.25) is 0 Å². The van der Waals surface area contributed by atoms with Crippen LogP contribution < -0.4 is 11.2 Å². The highest BCUT2D eigenvalue weighted by atomic mass is 16.2. The van der Waals surface area contributed by atoms with Crippen LogP contribution in [0.25, 0.3) is 22.1 Å². The molecule has 29 heavy (non-hydrogen) atoms. The number of likely N-dealkylation sites (N-methyl/N-ethyl adjacent to an activating group) is 1. The van der Waals surface area contributed by atoms with Crippen LogP contribution in [0.3, 0.4) is 0 Å². The van der Waals surface area contributed by atoms with Crippen LogP contribution in [0.15, 0.2) is 46.2 Å². The van der Waals surface area contributed by atoms with Crippen LogP contribution >= 0.6 is 0 Å². The van der Waals surface area contributed by atoms with Crippen molar-refractivity contribution in [2.45, 2.75) is 13.5 Å². The summed E-state index contributed by atoms with van der Waals surface area (Å²) in [6, 6.07) is 9.36. The first-order valence-corrected chi connectivity index (χ1v) is 9.13. The van der Waals surface area contributed by atoms with Crippen LogP contribution in [-0.2, 0) is 13.6 Å². The number of hydrogen-bond acceptors (Lipinski definition) is 5. The molecule has 4 aromatic rings. The minimum atomic E-state index is -0.618. The lowest BCUT2D eigenvalue weighted by Crippen LogP contribution is -2.34.